The number of hydrogen-bond donors (Lipinski definition) is 4. The van der Waals surface area contributed by atoms with Gasteiger partial charge in [0.25, 0.3) is 0 Å². The first-order valence-corrected chi connectivity index (χ1v) is 2.26. The highest BCUT2D eigenvalue weighted by atomic mass is 16.3. The monoisotopic (exact) mass is 135 g/mol. The van der Waals surface area contributed by atoms with Gasteiger partial charge >= 0.3 is 0 Å². The Labute approximate surface area is 56.3 Å². The molecule has 0 aromatic heterocycles. The van der Waals surface area contributed by atoms with E-state index in [1.54, 1.807) is 0 Å². The Morgan fingerprint density at radius 1 is 0.556 bits per heavy atom. The molecule has 0 aliphatic rings. The normalized spacial score (nSPS) is 6.67. The summed E-state index contributed by atoms with van der Waals surface area (Å²) in [5.41, 5.74) is 0. The number of aliphatic hydroxyl groups excluding tert-OH is 4. The van der Waals surface area contributed by atoms with Crippen LogP contribution in [0.3, 0.4) is 0 Å². The predicted octanol–water partition coefficient (Wildman–Crippen LogP) is -2.44. The lowest BCUT2D eigenvalue weighted by molar-refractivity contribution is 0.186. The Balaban J connectivity index is -0.0000000720. The van der Waals surface area contributed by atoms with Gasteiger partial charge in [-0.25, -0.2) is 0 Å². The van der Waals surface area contributed by atoms with Crippen molar-refractivity contribution in [1.29, 1.82) is 0 Å². The molecule has 0 amide bonds. The van der Waals surface area contributed by atoms with Gasteiger partial charge in [-0.1, -0.05) is 0 Å². The van der Waals surface area contributed by atoms with E-state index in [4.69, 9.17) is 20.4 Å². The van der Waals surface area contributed by atoms with Crippen LogP contribution in [0.15, 0.2) is 0 Å². The molecule has 0 spiro atoms. The van der Waals surface area contributed by atoms with Crippen LogP contribution in [0.2, 0.25) is 0 Å². The van der Waals surface area contributed by atoms with E-state index in [1.807, 2.05) is 0 Å². The van der Waals surface area contributed by atoms with Gasteiger partial charge in [-0.2, -0.15) is 0 Å². The van der Waals surface area contributed by atoms with Crippen LogP contribution < -0.4 is 0 Å². The maximum atomic E-state index is 7.62. The van der Waals surface area contributed by atoms with Gasteiger partial charge in [-0.05, 0) is 0 Å². The first-order chi connectivity index (χ1) is 3.83. The van der Waals surface area contributed by atoms with Crippen molar-refractivity contribution in [1.82, 2.24) is 0 Å². The summed E-state index contributed by atoms with van der Waals surface area (Å²) < 4.78 is 0. The lowest BCUT2D eigenvalue weighted by Gasteiger charge is -1.70. The van der Waals surface area contributed by atoms with Crippen molar-refractivity contribution in [3.05, 3.63) is 0 Å². The van der Waals surface area contributed by atoms with Gasteiger partial charge in [-0.3, -0.25) is 0 Å². The second-order valence-corrected chi connectivity index (χ2v) is 0.894. The molecule has 0 heterocycles. The maximum absolute atomic E-state index is 7.62. The van der Waals surface area contributed by atoms with E-state index in [0.29, 0.717) is 0 Å². The van der Waals surface area contributed by atoms with Gasteiger partial charge in [-0.15, -0.1) is 0 Å². The highest BCUT2D eigenvalue weighted by molar-refractivity contribution is 5.75. The van der Waals surface area contributed by atoms with E-state index in [9.17, 15) is 0 Å². The van der Waals surface area contributed by atoms with Crippen LogP contribution in [0.25, 0.3) is 0 Å². The molecule has 0 aromatic carbocycles. The summed E-state index contributed by atoms with van der Waals surface area (Å²) in [7, 11) is 0. The van der Waals surface area contributed by atoms with Crippen molar-refractivity contribution >= 4 is 8.41 Å². The molecule has 5 heteroatoms. The van der Waals surface area contributed by atoms with Crippen LogP contribution in [0.4, 0.5) is 0 Å². The Hall–Kier alpha value is -0.0951. The fourth-order valence-corrected chi connectivity index (χ4v) is 0. The van der Waals surface area contributed by atoms with E-state index in [1.165, 1.54) is 0 Å². The van der Waals surface area contributed by atoms with Gasteiger partial charge < -0.3 is 20.4 Å². The van der Waals surface area contributed by atoms with Crippen LogP contribution in [-0.2, 0) is 0 Å². The van der Waals surface area contributed by atoms with Gasteiger partial charge in [0.1, 0.15) is 0 Å². The minimum Gasteiger partial charge on any atom is -0.394 e. The van der Waals surface area contributed by atoms with Crippen LogP contribution in [0, 0.1) is 0 Å². The first kappa shape index (κ1) is 16.0. The molecular formula is C4H12BO4. The second-order valence-electron chi connectivity index (χ2n) is 0.894. The molecular weight excluding hydrogens is 123 g/mol. The number of rotatable bonds is 2. The summed E-state index contributed by atoms with van der Waals surface area (Å²) in [5, 5.41) is 30.5. The molecule has 0 bridgehead atoms. The van der Waals surface area contributed by atoms with Crippen molar-refractivity contribution in [2.45, 2.75) is 0 Å². The van der Waals surface area contributed by atoms with Crippen molar-refractivity contribution < 1.29 is 20.4 Å². The molecule has 4 N–H and O–H groups in total. The Bertz CT molecular complexity index is 20.5. The minimum absolute atomic E-state index is 0. The number of hydrogen-bond acceptors (Lipinski definition) is 4. The third-order valence-electron chi connectivity index (χ3n) is 0.200. The van der Waals surface area contributed by atoms with Crippen molar-refractivity contribution in [3.63, 3.8) is 0 Å². The first-order valence-electron chi connectivity index (χ1n) is 2.26. The highest BCUT2D eigenvalue weighted by Crippen LogP contribution is 1.40. The topological polar surface area (TPSA) is 80.9 Å². The van der Waals surface area contributed by atoms with E-state index in [2.05, 4.69) is 0 Å². The molecule has 0 saturated heterocycles. The smallest absolute Gasteiger partial charge is 0.0662 e. The van der Waals surface area contributed by atoms with Crippen LogP contribution in [-0.4, -0.2) is 55.3 Å². The summed E-state index contributed by atoms with van der Waals surface area (Å²) in [5.74, 6) is 0. The largest absolute Gasteiger partial charge is 0.394 e. The second kappa shape index (κ2) is 24.7. The fraction of sp³-hybridized carbons (Fsp3) is 1.00. The zero-order valence-electron chi connectivity index (χ0n) is 5.19. The summed E-state index contributed by atoms with van der Waals surface area (Å²) in [6.45, 7) is -0.500. The van der Waals surface area contributed by atoms with E-state index >= 15 is 0 Å². The molecule has 0 aliphatic heterocycles. The molecule has 0 fully saturated rings. The lowest BCUT2D eigenvalue weighted by Crippen LogP contribution is -1.85. The fourth-order valence-electron chi connectivity index (χ4n) is 0. The van der Waals surface area contributed by atoms with E-state index in [-0.39, 0.29) is 34.8 Å². The lowest BCUT2D eigenvalue weighted by atomic mass is 10.8. The molecule has 4 nitrogen and oxygen atoms in total. The standard InChI is InChI=1S/2C2H6O2.B/c2*3-1-2-4;/h2*3-4H,1-2H2;. The van der Waals surface area contributed by atoms with Crippen molar-refractivity contribution in [2.24, 2.45) is 0 Å². The third-order valence-corrected chi connectivity index (χ3v) is 0.200. The molecule has 3 radical (unpaired) electrons. The summed E-state index contributed by atoms with van der Waals surface area (Å²) >= 11 is 0. The van der Waals surface area contributed by atoms with Crippen molar-refractivity contribution in [3.8, 4) is 0 Å². The van der Waals surface area contributed by atoms with Gasteiger partial charge in [0, 0.05) is 8.41 Å². The van der Waals surface area contributed by atoms with Crippen LogP contribution >= 0.6 is 0 Å². The molecule has 0 rings (SSSR count). The summed E-state index contributed by atoms with van der Waals surface area (Å²) in [6.07, 6.45) is 0. The summed E-state index contributed by atoms with van der Waals surface area (Å²) in [6, 6.07) is 0. The van der Waals surface area contributed by atoms with E-state index in [0.717, 1.165) is 0 Å². The van der Waals surface area contributed by atoms with Crippen molar-refractivity contribution in [2.75, 3.05) is 26.4 Å². The van der Waals surface area contributed by atoms with Gasteiger partial charge in [0.15, 0.2) is 0 Å². The summed E-state index contributed by atoms with van der Waals surface area (Å²) in [4.78, 5) is 0. The Kier molecular flexibility index (Phi) is 43.8. The Morgan fingerprint density at radius 3 is 0.667 bits per heavy atom. The van der Waals surface area contributed by atoms with Gasteiger partial charge in [0.2, 0.25) is 0 Å². The molecule has 0 atom stereocenters. The van der Waals surface area contributed by atoms with Crippen LogP contribution in [0.1, 0.15) is 0 Å². The Morgan fingerprint density at radius 2 is 0.667 bits per heavy atom. The molecule has 0 aromatic rings. The maximum Gasteiger partial charge on any atom is 0.0662 e. The third kappa shape index (κ3) is 76.0. The average molecular weight is 135 g/mol. The zero-order valence-corrected chi connectivity index (χ0v) is 5.19. The quantitative estimate of drug-likeness (QED) is 0.317. The van der Waals surface area contributed by atoms with Crippen LogP contribution in [0.5, 0.6) is 0 Å². The predicted molar refractivity (Wildman–Crippen MR) is 34.1 cm³/mol. The highest BCUT2D eigenvalue weighted by Gasteiger charge is 1.58. The molecule has 9 heavy (non-hydrogen) atoms. The van der Waals surface area contributed by atoms with E-state index < -0.39 is 0 Å². The zero-order chi connectivity index (χ0) is 6.83. The minimum atomic E-state index is -0.125. The molecule has 0 saturated carbocycles. The molecule has 55 valence electrons. The molecule has 0 aliphatic carbocycles. The van der Waals surface area contributed by atoms with Gasteiger partial charge in [0.05, 0.1) is 26.4 Å². The SMILES string of the molecule is OCCO.OCCO.[B]. The number of aliphatic hydroxyl groups is 4. The molecule has 0 unspecified atom stereocenters. The average Bonchev–Trinajstić information content (AvgIpc) is 1.88.